The highest BCUT2D eigenvalue weighted by atomic mass is 16.5. The maximum Gasteiger partial charge on any atom is 0.190 e. The molecule has 0 saturated heterocycles. The van der Waals surface area contributed by atoms with Crippen molar-refractivity contribution in [2.24, 2.45) is 10.9 Å². The van der Waals surface area contributed by atoms with Crippen LogP contribution in [-0.4, -0.2) is 40.8 Å². The first-order valence-electron chi connectivity index (χ1n) is 6.73. The van der Waals surface area contributed by atoms with Crippen molar-refractivity contribution in [1.82, 2.24) is 10.6 Å². The first-order chi connectivity index (χ1) is 9.64. The molecule has 0 fully saturated rings. The lowest BCUT2D eigenvalue weighted by Crippen LogP contribution is -2.37. The Morgan fingerprint density at radius 3 is 2.50 bits per heavy atom. The van der Waals surface area contributed by atoms with Crippen LogP contribution in [0.15, 0.2) is 23.2 Å². The van der Waals surface area contributed by atoms with Gasteiger partial charge in [-0.3, -0.25) is 4.99 Å². The first kappa shape index (κ1) is 16.1. The molecule has 1 aromatic carbocycles. The van der Waals surface area contributed by atoms with E-state index in [-0.39, 0.29) is 0 Å². The normalized spacial score (nSPS) is 12.8. The van der Waals surface area contributed by atoms with E-state index in [4.69, 9.17) is 9.47 Å². The summed E-state index contributed by atoms with van der Waals surface area (Å²) in [6, 6.07) is 6.05. The summed E-state index contributed by atoms with van der Waals surface area (Å²) in [6.45, 7) is 3.06. The molecule has 0 heterocycles. The molecule has 0 spiro atoms. The van der Waals surface area contributed by atoms with Gasteiger partial charge in [-0.2, -0.15) is 0 Å². The second kappa shape index (κ2) is 8.30. The zero-order valence-electron chi connectivity index (χ0n) is 13.0. The average Bonchev–Trinajstić information content (AvgIpc) is 2.48. The van der Waals surface area contributed by atoms with Gasteiger partial charge >= 0.3 is 0 Å². The third kappa shape index (κ3) is 4.64. The van der Waals surface area contributed by atoms with Gasteiger partial charge in [0, 0.05) is 20.6 Å². The number of aliphatic imine (C=N–C) groups is 1. The number of hydrogen-bond donors (Lipinski definition) is 2. The van der Waals surface area contributed by atoms with E-state index in [1.807, 2.05) is 19.2 Å². The molecule has 1 rings (SSSR count). The van der Waals surface area contributed by atoms with Crippen LogP contribution in [0.2, 0.25) is 0 Å². The van der Waals surface area contributed by atoms with Crippen LogP contribution >= 0.6 is 0 Å². The van der Waals surface area contributed by atoms with Crippen molar-refractivity contribution in [2.75, 3.05) is 34.9 Å². The molecular formula is C15H25N3O2. The standard InChI is InChI=1S/C15H25N3O2/c1-11(10-18-15(16-2)17-3)8-12-6-7-13(19-4)14(9-12)20-5/h6-7,9,11H,8,10H2,1-5H3,(H2,16,17,18)/t11-/m0/s1. The lowest BCUT2D eigenvalue weighted by Gasteiger charge is -2.15. The summed E-state index contributed by atoms with van der Waals surface area (Å²) in [7, 11) is 6.92. The Bertz CT molecular complexity index is 447. The molecule has 0 aromatic heterocycles. The van der Waals surface area contributed by atoms with Gasteiger partial charge in [0.05, 0.1) is 14.2 Å². The SMILES string of the molecule is CN=C(NC)NC[C@@H](C)Cc1ccc(OC)c(OC)c1. The number of nitrogens with zero attached hydrogens (tertiary/aromatic N) is 1. The zero-order valence-corrected chi connectivity index (χ0v) is 13.0. The van der Waals surface area contributed by atoms with Gasteiger partial charge in [0.2, 0.25) is 0 Å². The summed E-state index contributed by atoms with van der Waals surface area (Å²) < 4.78 is 10.6. The van der Waals surface area contributed by atoms with Gasteiger partial charge in [0.25, 0.3) is 0 Å². The van der Waals surface area contributed by atoms with Gasteiger partial charge in [0.1, 0.15) is 0 Å². The molecule has 0 saturated carbocycles. The van der Waals surface area contributed by atoms with Crippen molar-refractivity contribution in [3.8, 4) is 11.5 Å². The Kier molecular flexibility index (Phi) is 6.70. The monoisotopic (exact) mass is 279 g/mol. The highest BCUT2D eigenvalue weighted by Crippen LogP contribution is 2.28. The number of guanidine groups is 1. The fraction of sp³-hybridized carbons (Fsp3) is 0.533. The topological polar surface area (TPSA) is 54.9 Å². The van der Waals surface area contributed by atoms with Gasteiger partial charge in [-0.15, -0.1) is 0 Å². The Morgan fingerprint density at radius 2 is 1.95 bits per heavy atom. The van der Waals surface area contributed by atoms with Crippen molar-refractivity contribution in [3.63, 3.8) is 0 Å². The van der Waals surface area contributed by atoms with Crippen molar-refractivity contribution in [2.45, 2.75) is 13.3 Å². The van der Waals surface area contributed by atoms with Crippen molar-refractivity contribution in [1.29, 1.82) is 0 Å². The molecule has 5 nitrogen and oxygen atoms in total. The van der Waals surface area contributed by atoms with Gasteiger partial charge in [-0.1, -0.05) is 13.0 Å². The summed E-state index contributed by atoms with van der Waals surface area (Å²) in [5.41, 5.74) is 1.23. The number of hydrogen-bond acceptors (Lipinski definition) is 3. The van der Waals surface area contributed by atoms with Gasteiger partial charge < -0.3 is 20.1 Å². The van der Waals surface area contributed by atoms with Crippen LogP contribution in [0.1, 0.15) is 12.5 Å². The van der Waals surface area contributed by atoms with Crippen LogP contribution < -0.4 is 20.1 Å². The van der Waals surface area contributed by atoms with E-state index in [0.717, 1.165) is 30.4 Å². The Hall–Kier alpha value is -1.91. The molecule has 0 unspecified atom stereocenters. The van der Waals surface area contributed by atoms with Crippen LogP contribution in [0.3, 0.4) is 0 Å². The van der Waals surface area contributed by atoms with E-state index in [1.54, 1.807) is 21.3 Å². The average molecular weight is 279 g/mol. The molecule has 0 radical (unpaired) electrons. The minimum Gasteiger partial charge on any atom is -0.493 e. The lowest BCUT2D eigenvalue weighted by molar-refractivity contribution is 0.354. The molecule has 20 heavy (non-hydrogen) atoms. The molecule has 2 N–H and O–H groups in total. The zero-order chi connectivity index (χ0) is 15.0. The molecule has 0 aliphatic carbocycles. The van der Waals surface area contributed by atoms with Crippen LogP contribution in [0.5, 0.6) is 11.5 Å². The number of ether oxygens (including phenoxy) is 2. The van der Waals surface area contributed by atoms with Crippen molar-refractivity contribution < 1.29 is 9.47 Å². The fourth-order valence-corrected chi connectivity index (χ4v) is 2.03. The predicted molar refractivity (Wildman–Crippen MR) is 82.8 cm³/mol. The quantitative estimate of drug-likeness (QED) is 0.614. The number of benzene rings is 1. The van der Waals surface area contributed by atoms with Gasteiger partial charge in [-0.25, -0.2) is 0 Å². The fourth-order valence-electron chi connectivity index (χ4n) is 2.03. The van der Waals surface area contributed by atoms with Crippen LogP contribution in [0.4, 0.5) is 0 Å². The highest BCUT2D eigenvalue weighted by molar-refractivity contribution is 5.79. The first-order valence-corrected chi connectivity index (χ1v) is 6.73. The van der Waals surface area contributed by atoms with Crippen molar-refractivity contribution in [3.05, 3.63) is 23.8 Å². The minimum atomic E-state index is 0.484. The molecule has 1 atom stereocenters. The van der Waals surface area contributed by atoms with Crippen LogP contribution in [-0.2, 0) is 6.42 Å². The van der Waals surface area contributed by atoms with Gasteiger partial charge in [0.15, 0.2) is 17.5 Å². The third-order valence-electron chi connectivity index (χ3n) is 3.11. The van der Waals surface area contributed by atoms with Crippen molar-refractivity contribution >= 4 is 5.96 Å². The lowest BCUT2D eigenvalue weighted by atomic mass is 10.0. The van der Waals surface area contributed by atoms with Crippen LogP contribution in [0, 0.1) is 5.92 Å². The smallest absolute Gasteiger partial charge is 0.190 e. The van der Waals surface area contributed by atoms with E-state index >= 15 is 0 Å². The second-order valence-electron chi connectivity index (χ2n) is 4.70. The molecule has 1 aromatic rings. The molecule has 112 valence electrons. The van der Waals surface area contributed by atoms with E-state index in [2.05, 4.69) is 28.6 Å². The molecular weight excluding hydrogens is 254 g/mol. The molecule has 0 aliphatic rings. The molecule has 5 heteroatoms. The maximum atomic E-state index is 5.32. The van der Waals surface area contributed by atoms with E-state index < -0.39 is 0 Å². The predicted octanol–water partition coefficient (Wildman–Crippen LogP) is 1.68. The minimum absolute atomic E-state index is 0.484. The Balaban J connectivity index is 2.59. The molecule has 0 bridgehead atoms. The summed E-state index contributed by atoms with van der Waals surface area (Å²) >= 11 is 0. The van der Waals surface area contributed by atoms with E-state index in [9.17, 15) is 0 Å². The third-order valence-corrected chi connectivity index (χ3v) is 3.11. The van der Waals surface area contributed by atoms with Crippen LogP contribution in [0.25, 0.3) is 0 Å². The number of rotatable bonds is 6. The largest absolute Gasteiger partial charge is 0.493 e. The molecule has 0 amide bonds. The Labute approximate surface area is 121 Å². The molecule has 0 aliphatic heterocycles. The van der Waals surface area contributed by atoms with E-state index in [1.165, 1.54) is 5.56 Å². The number of nitrogens with one attached hydrogen (secondary N) is 2. The maximum absolute atomic E-state index is 5.32. The number of methoxy groups -OCH3 is 2. The summed E-state index contributed by atoms with van der Waals surface area (Å²) in [5.74, 6) is 2.83. The second-order valence-corrected chi connectivity index (χ2v) is 4.70. The highest BCUT2D eigenvalue weighted by Gasteiger charge is 2.08. The van der Waals surface area contributed by atoms with E-state index in [0.29, 0.717) is 5.92 Å². The Morgan fingerprint density at radius 1 is 1.25 bits per heavy atom. The summed E-state index contributed by atoms with van der Waals surface area (Å²) in [5, 5.41) is 6.28. The summed E-state index contributed by atoms with van der Waals surface area (Å²) in [6.07, 6.45) is 0.966. The van der Waals surface area contributed by atoms with Gasteiger partial charge in [-0.05, 0) is 30.0 Å². The summed E-state index contributed by atoms with van der Waals surface area (Å²) in [4.78, 5) is 4.09.